The van der Waals surface area contributed by atoms with Crippen molar-refractivity contribution in [3.05, 3.63) is 52.3 Å². The molecule has 3 heterocycles. The Morgan fingerprint density at radius 2 is 1.89 bits per heavy atom. The zero-order chi connectivity index (χ0) is 27.4. The Balaban J connectivity index is 1.32. The lowest BCUT2D eigenvalue weighted by Gasteiger charge is -2.27. The molecular formula is C25H22FN5O6S. The molecular weight excluding hydrogens is 517 g/mol. The normalized spacial score (nSPS) is 17.5. The van der Waals surface area contributed by atoms with Crippen LogP contribution in [0.3, 0.4) is 0 Å². The van der Waals surface area contributed by atoms with Gasteiger partial charge in [0.1, 0.15) is 11.0 Å². The zero-order valence-corrected chi connectivity index (χ0v) is 21.3. The highest BCUT2D eigenvalue weighted by atomic mass is 32.1. The van der Waals surface area contributed by atoms with Gasteiger partial charge < -0.3 is 15.4 Å². The largest absolute Gasteiger partial charge is 0.494 e. The van der Waals surface area contributed by atoms with Crippen molar-refractivity contribution in [2.45, 2.75) is 38.3 Å². The van der Waals surface area contributed by atoms with E-state index in [0.29, 0.717) is 15.2 Å². The lowest BCUT2D eigenvalue weighted by Crippen LogP contribution is -2.54. The number of methoxy groups -OCH3 is 1. The number of nitrogens with one attached hydrogen (secondary N) is 3. The van der Waals surface area contributed by atoms with E-state index in [1.165, 1.54) is 31.4 Å². The molecule has 0 aliphatic carbocycles. The van der Waals surface area contributed by atoms with E-state index in [0.717, 1.165) is 16.2 Å². The average molecular weight is 540 g/mol. The number of imide groups is 2. The summed E-state index contributed by atoms with van der Waals surface area (Å²) in [6.07, 6.45) is 0.0581. The molecule has 3 N–H and O–H groups in total. The molecule has 1 fully saturated rings. The number of carbonyl (C=O) groups excluding carboxylic acids is 5. The Kier molecular flexibility index (Phi) is 6.10. The molecule has 0 spiro atoms. The number of benzene rings is 2. The van der Waals surface area contributed by atoms with Crippen molar-refractivity contribution in [2.24, 2.45) is 0 Å². The second-order valence-corrected chi connectivity index (χ2v) is 10.4. The summed E-state index contributed by atoms with van der Waals surface area (Å²) in [7, 11) is 1.37. The molecule has 1 atom stereocenters. The van der Waals surface area contributed by atoms with Crippen molar-refractivity contribution in [2.75, 3.05) is 12.4 Å². The van der Waals surface area contributed by atoms with Crippen LogP contribution >= 0.6 is 11.3 Å². The second-order valence-electron chi connectivity index (χ2n) is 9.36. The highest BCUT2D eigenvalue weighted by Crippen LogP contribution is 2.35. The number of rotatable bonds is 5. The molecule has 3 aromatic rings. The van der Waals surface area contributed by atoms with Gasteiger partial charge in [0.05, 0.1) is 34.0 Å². The first-order valence-electron chi connectivity index (χ1n) is 11.6. The predicted octanol–water partition coefficient (Wildman–Crippen LogP) is 2.90. The van der Waals surface area contributed by atoms with Gasteiger partial charge in [-0.1, -0.05) is 0 Å². The molecule has 5 rings (SSSR count). The summed E-state index contributed by atoms with van der Waals surface area (Å²) in [5.41, 5.74) is -0.187. The topological polar surface area (TPSA) is 147 Å². The van der Waals surface area contributed by atoms with Gasteiger partial charge in [0, 0.05) is 12.1 Å². The van der Waals surface area contributed by atoms with Crippen molar-refractivity contribution in [3.8, 4) is 5.75 Å². The SMILES string of the molecule is COc1ccc2nc(C(C)(C)NC(=O)Nc3ccc4c(c3)C(=O)N(C3CCC(=O)NC3=O)C4=O)sc2c1F. The molecule has 196 valence electrons. The monoisotopic (exact) mass is 539 g/mol. The van der Waals surface area contributed by atoms with E-state index >= 15 is 0 Å². The third-order valence-corrected chi connectivity index (χ3v) is 7.73. The van der Waals surface area contributed by atoms with E-state index in [2.05, 4.69) is 20.9 Å². The molecule has 1 aromatic heterocycles. The van der Waals surface area contributed by atoms with E-state index in [1.54, 1.807) is 19.9 Å². The highest BCUT2D eigenvalue weighted by Gasteiger charge is 2.44. The van der Waals surface area contributed by atoms with Gasteiger partial charge in [0.2, 0.25) is 11.8 Å². The number of fused-ring (bicyclic) bond motifs is 2. The maximum atomic E-state index is 14.6. The number of carbonyl (C=O) groups is 5. The first kappa shape index (κ1) is 25.3. The summed E-state index contributed by atoms with van der Waals surface area (Å²) in [5, 5.41) is 8.02. The molecule has 0 bridgehead atoms. The van der Waals surface area contributed by atoms with Crippen molar-refractivity contribution < 1.29 is 33.1 Å². The number of piperidine rings is 1. The number of urea groups is 1. The number of halogens is 1. The molecule has 2 aliphatic rings. The van der Waals surface area contributed by atoms with Crippen molar-refractivity contribution in [1.29, 1.82) is 0 Å². The fraction of sp³-hybridized carbons (Fsp3) is 0.280. The quantitative estimate of drug-likeness (QED) is 0.423. The first-order valence-corrected chi connectivity index (χ1v) is 12.4. The molecule has 1 saturated heterocycles. The van der Waals surface area contributed by atoms with Gasteiger partial charge in [0.25, 0.3) is 11.8 Å². The van der Waals surface area contributed by atoms with E-state index in [9.17, 15) is 28.4 Å². The number of anilines is 1. The minimum atomic E-state index is -1.08. The lowest BCUT2D eigenvalue weighted by molar-refractivity contribution is -0.136. The van der Waals surface area contributed by atoms with Crippen LogP contribution in [0.1, 0.15) is 52.4 Å². The summed E-state index contributed by atoms with van der Waals surface area (Å²) in [6, 6.07) is 5.62. The van der Waals surface area contributed by atoms with Crippen LogP contribution in [-0.4, -0.2) is 52.7 Å². The summed E-state index contributed by atoms with van der Waals surface area (Å²) in [6.45, 7) is 3.42. The van der Waals surface area contributed by atoms with Crippen LogP contribution in [0.2, 0.25) is 0 Å². The van der Waals surface area contributed by atoms with Gasteiger partial charge in [-0.15, -0.1) is 11.3 Å². The zero-order valence-electron chi connectivity index (χ0n) is 20.5. The Morgan fingerprint density at radius 3 is 2.61 bits per heavy atom. The van der Waals surface area contributed by atoms with Gasteiger partial charge in [0.15, 0.2) is 11.6 Å². The minimum absolute atomic E-state index is 0.0153. The maximum Gasteiger partial charge on any atom is 0.319 e. The molecule has 13 heteroatoms. The van der Waals surface area contributed by atoms with Crippen molar-refractivity contribution in [1.82, 2.24) is 20.5 Å². The Labute approximate surface area is 219 Å². The van der Waals surface area contributed by atoms with Gasteiger partial charge in [-0.25, -0.2) is 14.2 Å². The fourth-order valence-corrected chi connectivity index (χ4v) is 5.47. The van der Waals surface area contributed by atoms with E-state index in [4.69, 9.17) is 4.74 Å². The number of hydrogen-bond acceptors (Lipinski definition) is 8. The van der Waals surface area contributed by atoms with Gasteiger partial charge in [-0.3, -0.25) is 29.4 Å². The summed E-state index contributed by atoms with van der Waals surface area (Å²) < 4.78 is 19.9. The molecule has 11 nitrogen and oxygen atoms in total. The van der Waals surface area contributed by atoms with Crippen LogP contribution in [0.5, 0.6) is 5.75 Å². The van der Waals surface area contributed by atoms with Crippen LogP contribution < -0.4 is 20.7 Å². The van der Waals surface area contributed by atoms with Crippen LogP contribution in [0.25, 0.3) is 10.2 Å². The number of thiazole rings is 1. The molecule has 0 radical (unpaired) electrons. The third kappa shape index (κ3) is 4.24. The maximum absolute atomic E-state index is 14.6. The fourth-order valence-electron chi connectivity index (χ4n) is 4.42. The van der Waals surface area contributed by atoms with Crippen LogP contribution in [0.15, 0.2) is 30.3 Å². The Bertz CT molecular complexity index is 1550. The summed E-state index contributed by atoms with van der Waals surface area (Å²) in [4.78, 5) is 67.7. The van der Waals surface area contributed by atoms with Crippen LogP contribution in [0, 0.1) is 5.82 Å². The molecule has 38 heavy (non-hydrogen) atoms. The predicted molar refractivity (Wildman–Crippen MR) is 134 cm³/mol. The van der Waals surface area contributed by atoms with E-state index in [-0.39, 0.29) is 35.4 Å². The summed E-state index contributed by atoms with van der Waals surface area (Å²) >= 11 is 1.09. The van der Waals surface area contributed by atoms with Crippen molar-refractivity contribution in [3.63, 3.8) is 0 Å². The van der Waals surface area contributed by atoms with Gasteiger partial charge >= 0.3 is 6.03 Å². The van der Waals surface area contributed by atoms with Crippen LogP contribution in [0.4, 0.5) is 14.9 Å². The highest BCUT2D eigenvalue weighted by molar-refractivity contribution is 7.18. The third-order valence-electron chi connectivity index (χ3n) is 6.34. The smallest absolute Gasteiger partial charge is 0.319 e. The molecule has 1 unspecified atom stereocenters. The Hall–Kier alpha value is -4.39. The van der Waals surface area contributed by atoms with E-state index < -0.39 is 47.1 Å². The lowest BCUT2D eigenvalue weighted by atomic mass is 10.0. The molecule has 2 aromatic carbocycles. The second kappa shape index (κ2) is 9.17. The minimum Gasteiger partial charge on any atom is -0.494 e. The summed E-state index contributed by atoms with van der Waals surface area (Å²) in [5.74, 6) is -2.93. The molecule has 0 saturated carbocycles. The number of hydrogen-bond donors (Lipinski definition) is 3. The molecule has 6 amide bonds. The van der Waals surface area contributed by atoms with Gasteiger partial charge in [-0.05, 0) is 50.6 Å². The van der Waals surface area contributed by atoms with Crippen LogP contribution in [-0.2, 0) is 15.1 Å². The number of ether oxygens (including phenoxy) is 1. The Morgan fingerprint density at radius 1 is 1.16 bits per heavy atom. The van der Waals surface area contributed by atoms with E-state index in [1.807, 2.05) is 0 Å². The average Bonchev–Trinajstić information content (AvgIpc) is 3.40. The first-order chi connectivity index (χ1) is 18.0. The van der Waals surface area contributed by atoms with Gasteiger partial charge in [-0.2, -0.15) is 0 Å². The molecule has 2 aliphatic heterocycles. The number of nitrogens with zero attached hydrogens (tertiary/aromatic N) is 2. The number of amides is 6. The van der Waals surface area contributed by atoms with Crippen molar-refractivity contribution >= 4 is 56.9 Å². The number of aromatic nitrogens is 1. The standard InChI is InChI=1S/C25H22FN5O6S/c1-25(2,23-28-14-6-8-16(37-3)18(26)19(14)38-23)30-24(36)27-11-4-5-12-13(10-11)22(35)31(21(12)34)15-7-9-17(32)29-20(15)33/h4-6,8,10,15H,7,9H2,1-3H3,(H2,27,30,36)(H,29,32,33).